The minimum Gasteiger partial charge on any atom is -0.199 e. The summed E-state index contributed by atoms with van der Waals surface area (Å²) in [6, 6.07) is 0. The molecule has 0 aromatic rings. The van der Waals surface area contributed by atoms with Gasteiger partial charge in [0.2, 0.25) is 0 Å². The third-order valence-electron chi connectivity index (χ3n) is 1.48. The topological polar surface area (TPSA) is 0 Å². The number of allylic oxidation sites excluding steroid dienone is 1. The zero-order chi connectivity index (χ0) is 11.6. The lowest BCUT2D eigenvalue weighted by molar-refractivity contribution is -0.355. The van der Waals surface area contributed by atoms with Gasteiger partial charge in [0.25, 0.3) is 0 Å². The number of hydrogen-bond acceptors (Lipinski definition) is 0. The van der Waals surface area contributed by atoms with Crippen LogP contribution in [0.5, 0.6) is 0 Å². The van der Waals surface area contributed by atoms with Gasteiger partial charge in [0.15, 0.2) is 0 Å². The molecule has 0 aliphatic rings. The van der Waals surface area contributed by atoms with Gasteiger partial charge in [-0.25, -0.2) is 0 Å². The van der Waals surface area contributed by atoms with Gasteiger partial charge in [-0.2, -0.15) is 30.7 Å². The number of rotatable bonds is 4. The molecule has 0 spiro atoms. The molecule has 0 bridgehead atoms. The lowest BCUT2D eigenvalue weighted by Gasteiger charge is -2.27. The van der Waals surface area contributed by atoms with Crippen LogP contribution in [0.3, 0.4) is 0 Å². The molecule has 0 aromatic heterocycles. The van der Waals surface area contributed by atoms with Gasteiger partial charge in [-0.05, 0) is 6.42 Å². The van der Waals surface area contributed by atoms with Crippen LogP contribution in [0, 0.1) is 0 Å². The van der Waals surface area contributed by atoms with Crippen molar-refractivity contribution < 1.29 is 30.7 Å². The Hall–Kier alpha value is -0.750. The van der Waals surface area contributed by atoms with Crippen LogP contribution in [-0.2, 0) is 0 Å². The summed E-state index contributed by atoms with van der Waals surface area (Å²) in [5, 5.41) is 0. The molecule has 0 amide bonds. The van der Waals surface area contributed by atoms with Crippen molar-refractivity contribution >= 4 is 0 Å². The van der Waals surface area contributed by atoms with Crippen molar-refractivity contribution in [2.24, 2.45) is 0 Å². The van der Waals surface area contributed by atoms with Crippen molar-refractivity contribution in [2.75, 3.05) is 0 Å². The largest absolute Gasteiger partial charge is 0.459 e. The van der Waals surface area contributed by atoms with Gasteiger partial charge in [0.1, 0.15) is 0 Å². The van der Waals surface area contributed by atoms with E-state index in [0.717, 1.165) is 6.08 Å². The van der Waals surface area contributed by atoms with E-state index in [1.165, 1.54) is 0 Å². The molecule has 0 aliphatic heterocycles. The minimum atomic E-state index is -6.24. The Morgan fingerprint density at radius 2 is 1.36 bits per heavy atom. The van der Waals surface area contributed by atoms with Gasteiger partial charge in [-0.15, -0.1) is 6.58 Å². The van der Waals surface area contributed by atoms with E-state index >= 15 is 0 Å². The van der Waals surface area contributed by atoms with Gasteiger partial charge in [0.05, 0.1) is 0 Å². The van der Waals surface area contributed by atoms with Crippen LogP contribution in [0.25, 0.3) is 0 Å². The Labute approximate surface area is 75.4 Å². The van der Waals surface area contributed by atoms with Crippen LogP contribution in [0.1, 0.15) is 12.8 Å². The molecule has 0 saturated heterocycles. The highest BCUT2D eigenvalue weighted by atomic mass is 19.4. The van der Waals surface area contributed by atoms with Crippen molar-refractivity contribution in [1.29, 1.82) is 0 Å². The summed E-state index contributed by atoms with van der Waals surface area (Å²) in [6.45, 7) is 2.95. The molecule has 0 aromatic carbocycles. The molecule has 0 unspecified atom stereocenters. The van der Waals surface area contributed by atoms with E-state index in [1.54, 1.807) is 0 Å². The first-order valence-corrected chi connectivity index (χ1v) is 3.49. The van der Waals surface area contributed by atoms with Crippen LogP contribution in [0.15, 0.2) is 12.7 Å². The first kappa shape index (κ1) is 13.2. The summed E-state index contributed by atoms with van der Waals surface area (Å²) in [5.74, 6) is -11.1. The minimum absolute atomic E-state index is 0.612. The summed E-state index contributed by atoms with van der Waals surface area (Å²) in [7, 11) is 0. The Kier molecular flexibility index (Phi) is 3.58. The Morgan fingerprint density at radius 3 is 1.64 bits per heavy atom. The predicted molar refractivity (Wildman–Crippen MR) is 35.4 cm³/mol. The molecule has 14 heavy (non-hydrogen) atoms. The fraction of sp³-hybridized carbons (Fsp3) is 0.714. The number of halogens is 7. The van der Waals surface area contributed by atoms with Gasteiger partial charge in [0, 0.05) is 6.42 Å². The first-order valence-electron chi connectivity index (χ1n) is 3.49. The van der Waals surface area contributed by atoms with Crippen LogP contribution in [0.4, 0.5) is 30.7 Å². The Bertz CT molecular complexity index is 203. The summed E-state index contributed by atoms with van der Waals surface area (Å²) in [6.07, 6.45) is -7.58. The molecule has 0 aliphatic carbocycles. The Morgan fingerprint density at radius 1 is 0.929 bits per heavy atom. The second kappa shape index (κ2) is 3.78. The summed E-state index contributed by atoms with van der Waals surface area (Å²) >= 11 is 0. The standard InChI is InChI=1S/C7H7F7/c1-2-3-4-5(8,9)6(10,11)7(12,13)14/h2H,1,3-4H2. The lowest BCUT2D eigenvalue weighted by Crippen LogP contribution is -2.51. The highest BCUT2D eigenvalue weighted by molar-refractivity contribution is 4.92. The molecule has 0 saturated carbocycles. The van der Waals surface area contributed by atoms with Crippen molar-refractivity contribution in [3.63, 3.8) is 0 Å². The van der Waals surface area contributed by atoms with Crippen molar-refractivity contribution in [3.05, 3.63) is 12.7 Å². The average molecular weight is 224 g/mol. The summed E-state index contributed by atoms with van der Waals surface area (Å²) in [5.41, 5.74) is 0. The van der Waals surface area contributed by atoms with E-state index in [0.29, 0.717) is 0 Å². The van der Waals surface area contributed by atoms with E-state index in [9.17, 15) is 30.7 Å². The molecule has 0 N–H and O–H groups in total. The van der Waals surface area contributed by atoms with E-state index in [2.05, 4.69) is 6.58 Å². The molecular weight excluding hydrogens is 217 g/mol. The number of hydrogen-bond donors (Lipinski definition) is 0. The van der Waals surface area contributed by atoms with Crippen molar-refractivity contribution in [2.45, 2.75) is 30.9 Å². The maximum absolute atomic E-state index is 12.4. The molecule has 0 fully saturated rings. The normalized spacial score (nSPS) is 14.2. The van der Waals surface area contributed by atoms with Crippen LogP contribution in [0.2, 0.25) is 0 Å². The van der Waals surface area contributed by atoms with Gasteiger partial charge >= 0.3 is 18.0 Å². The molecule has 0 radical (unpaired) electrons. The van der Waals surface area contributed by atoms with Gasteiger partial charge in [-0.3, -0.25) is 0 Å². The maximum atomic E-state index is 12.4. The third-order valence-corrected chi connectivity index (χ3v) is 1.48. The smallest absolute Gasteiger partial charge is 0.199 e. The fourth-order valence-electron chi connectivity index (χ4n) is 0.648. The SMILES string of the molecule is C=CCCC(F)(F)C(F)(F)C(F)(F)F. The van der Waals surface area contributed by atoms with E-state index in [1.807, 2.05) is 0 Å². The monoisotopic (exact) mass is 224 g/mol. The fourth-order valence-corrected chi connectivity index (χ4v) is 0.648. The van der Waals surface area contributed by atoms with E-state index in [-0.39, 0.29) is 0 Å². The van der Waals surface area contributed by atoms with Crippen LogP contribution >= 0.6 is 0 Å². The molecule has 0 heterocycles. The zero-order valence-electron chi connectivity index (χ0n) is 6.84. The molecule has 0 atom stereocenters. The zero-order valence-corrected chi connectivity index (χ0v) is 6.84. The van der Waals surface area contributed by atoms with Gasteiger partial charge in [-0.1, -0.05) is 6.08 Å². The molecule has 0 rings (SSSR count). The highest BCUT2D eigenvalue weighted by Gasteiger charge is 2.72. The first-order chi connectivity index (χ1) is 6.06. The predicted octanol–water partition coefficient (Wildman–Crippen LogP) is 3.79. The lowest BCUT2D eigenvalue weighted by atomic mass is 10.1. The second-order valence-electron chi connectivity index (χ2n) is 2.60. The quantitative estimate of drug-likeness (QED) is 0.503. The number of alkyl halides is 7. The van der Waals surface area contributed by atoms with E-state index < -0.39 is 30.9 Å². The summed E-state index contributed by atoms with van der Waals surface area (Å²) in [4.78, 5) is 0. The highest BCUT2D eigenvalue weighted by Crippen LogP contribution is 2.48. The van der Waals surface area contributed by atoms with Crippen LogP contribution < -0.4 is 0 Å². The molecule has 0 nitrogen and oxygen atoms in total. The molecule has 7 heteroatoms. The summed E-state index contributed by atoms with van der Waals surface area (Å²) < 4.78 is 83.5. The second-order valence-corrected chi connectivity index (χ2v) is 2.60. The van der Waals surface area contributed by atoms with E-state index in [4.69, 9.17) is 0 Å². The average Bonchev–Trinajstić information content (AvgIpc) is 1.98. The van der Waals surface area contributed by atoms with Gasteiger partial charge < -0.3 is 0 Å². The molecular formula is C7H7F7. The maximum Gasteiger partial charge on any atom is 0.459 e. The van der Waals surface area contributed by atoms with Crippen molar-refractivity contribution in [3.8, 4) is 0 Å². The van der Waals surface area contributed by atoms with Crippen molar-refractivity contribution in [1.82, 2.24) is 0 Å². The Balaban J connectivity index is 4.77. The molecule has 84 valence electrons. The third kappa shape index (κ3) is 2.39. The van der Waals surface area contributed by atoms with Crippen LogP contribution in [-0.4, -0.2) is 18.0 Å².